The number of ketones is 1. The maximum Gasteiger partial charge on any atom is 0.307 e. The van der Waals surface area contributed by atoms with Crippen molar-refractivity contribution in [2.24, 2.45) is 17.8 Å². The molecule has 1 aromatic rings. The van der Waals surface area contributed by atoms with Gasteiger partial charge in [-0.05, 0) is 24.1 Å². The van der Waals surface area contributed by atoms with E-state index >= 15 is 0 Å². The summed E-state index contributed by atoms with van der Waals surface area (Å²) in [5, 5.41) is 9.57. The maximum absolute atomic E-state index is 12.0. The number of hydrogen-bond acceptors (Lipinski definition) is 2. The van der Waals surface area contributed by atoms with E-state index in [0.29, 0.717) is 15.6 Å². The van der Waals surface area contributed by atoms with E-state index in [0.717, 1.165) is 0 Å². The highest BCUT2D eigenvalue weighted by Crippen LogP contribution is 2.48. The smallest absolute Gasteiger partial charge is 0.307 e. The predicted octanol–water partition coefficient (Wildman–Crippen LogP) is 3.14. The summed E-state index contributed by atoms with van der Waals surface area (Å²) in [6.07, 6.45) is 0. The number of carboxylic acids is 1. The van der Waals surface area contributed by atoms with Crippen molar-refractivity contribution in [3.05, 3.63) is 33.8 Å². The molecule has 0 aliphatic heterocycles. The van der Waals surface area contributed by atoms with Gasteiger partial charge in [0.2, 0.25) is 0 Å². The van der Waals surface area contributed by atoms with Gasteiger partial charge in [-0.3, -0.25) is 9.59 Å². The molecular formula is C12H10Cl2O3. The van der Waals surface area contributed by atoms with Crippen molar-refractivity contribution < 1.29 is 14.7 Å². The van der Waals surface area contributed by atoms with Crippen LogP contribution in [-0.4, -0.2) is 16.9 Å². The fraction of sp³-hybridized carbons (Fsp3) is 0.333. The van der Waals surface area contributed by atoms with E-state index in [1.165, 1.54) is 6.07 Å². The molecule has 3 nitrogen and oxygen atoms in total. The molecule has 0 unspecified atom stereocenters. The fourth-order valence-electron chi connectivity index (χ4n) is 2.08. The Hall–Kier alpha value is -1.06. The first-order valence-electron chi connectivity index (χ1n) is 5.15. The lowest BCUT2D eigenvalue weighted by Crippen LogP contribution is -2.08. The van der Waals surface area contributed by atoms with Gasteiger partial charge in [0.25, 0.3) is 0 Å². The Bertz CT molecular complexity index is 499. The molecule has 1 fully saturated rings. The van der Waals surface area contributed by atoms with Crippen molar-refractivity contribution in [3.63, 3.8) is 0 Å². The molecule has 0 saturated heterocycles. The molecule has 0 radical (unpaired) electrons. The van der Waals surface area contributed by atoms with Crippen LogP contribution in [0.15, 0.2) is 18.2 Å². The Morgan fingerprint density at radius 3 is 2.29 bits per heavy atom. The molecule has 2 rings (SSSR count). The van der Waals surface area contributed by atoms with Crippen LogP contribution in [0.25, 0.3) is 0 Å². The van der Waals surface area contributed by atoms with Crippen molar-refractivity contribution >= 4 is 35.0 Å². The number of carbonyl (C=O) groups is 2. The first kappa shape index (κ1) is 12.4. The van der Waals surface area contributed by atoms with Gasteiger partial charge in [0.05, 0.1) is 16.0 Å². The van der Waals surface area contributed by atoms with Gasteiger partial charge < -0.3 is 5.11 Å². The normalized spacial score (nSPS) is 26.6. The highest BCUT2D eigenvalue weighted by atomic mass is 35.5. The Morgan fingerprint density at radius 2 is 1.82 bits per heavy atom. The minimum absolute atomic E-state index is 0.116. The monoisotopic (exact) mass is 272 g/mol. The quantitative estimate of drug-likeness (QED) is 0.861. The summed E-state index contributed by atoms with van der Waals surface area (Å²) in [5.74, 6) is -2.23. The van der Waals surface area contributed by atoms with Gasteiger partial charge in [-0.15, -0.1) is 0 Å². The molecule has 1 saturated carbocycles. The fourth-order valence-corrected chi connectivity index (χ4v) is 2.38. The zero-order valence-corrected chi connectivity index (χ0v) is 10.5. The minimum atomic E-state index is -0.920. The summed E-state index contributed by atoms with van der Waals surface area (Å²) in [6, 6.07) is 4.59. The van der Waals surface area contributed by atoms with Gasteiger partial charge in [-0.1, -0.05) is 30.1 Å². The van der Waals surface area contributed by atoms with Crippen molar-refractivity contribution in [2.45, 2.75) is 6.92 Å². The van der Waals surface area contributed by atoms with Crippen molar-refractivity contribution in [2.75, 3.05) is 0 Å². The topological polar surface area (TPSA) is 54.4 Å². The number of benzene rings is 1. The summed E-state index contributed by atoms with van der Waals surface area (Å²) in [7, 11) is 0. The number of carboxylic acid groups (broad SMARTS) is 1. The summed E-state index contributed by atoms with van der Waals surface area (Å²) in [4.78, 5) is 22.9. The second-order valence-electron chi connectivity index (χ2n) is 4.24. The Balaban J connectivity index is 2.22. The first-order valence-corrected chi connectivity index (χ1v) is 5.91. The average Bonchev–Trinajstić information content (AvgIpc) is 2.93. The Morgan fingerprint density at radius 1 is 1.18 bits per heavy atom. The molecule has 5 heteroatoms. The molecule has 0 heterocycles. The standard InChI is InChI=1S/C12H10Cl2O3/c1-5-9(10(5)12(16)17)11(15)6-2-3-7(13)8(14)4-6/h2-5,9-10H,1H3,(H,16,17)/t5-,9-,10+/m1/s1. The van der Waals surface area contributed by atoms with E-state index in [2.05, 4.69) is 0 Å². The van der Waals surface area contributed by atoms with Crippen LogP contribution in [-0.2, 0) is 4.79 Å². The van der Waals surface area contributed by atoms with Crippen LogP contribution in [0.4, 0.5) is 0 Å². The van der Waals surface area contributed by atoms with Crippen molar-refractivity contribution in [1.29, 1.82) is 0 Å². The molecule has 0 aromatic heterocycles. The van der Waals surface area contributed by atoms with Crippen LogP contribution >= 0.6 is 23.2 Å². The zero-order chi connectivity index (χ0) is 12.7. The largest absolute Gasteiger partial charge is 0.481 e. The van der Waals surface area contributed by atoms with Crippen molar-refractivity contribution in [3.8, 4) is 0 Å². The Labute approximate surface area is 108 Å². The second-order valence-corrected chi connectivity index (χ2v) is 5.06. The molecule has 1 N–H and O–H groups in total. The molecule has 90 valence electrons. The molecule has 0 bridgehead atoms. The van der Waals surface area contributed by atoms with E-state index in [4.69, 9.17) is 28.3 Å². The van der Waals surface area contributed by atoms with Gasteiger partial charge in [-0.25, -0.2) is 0 Å². The number of Topliss-reactive ketones (excluding diaryl/α,β-unsaturated/α-hetero) is 1. The number of aliphatic carboxylic acids is 1. The van der Waals surface area contributed by atoms with Gasteiger partial charge >= 0.3 is 5.97 Å². The van der Waals surface area contributed by atoms with Crippen molar-refractivity contribution in [1.82, 2.24) is 0 Å². The third-order valence-electron chi connectivity index (χ3n) is 3.17. The first-order chi connectivity index (χ1) is 7.93. The van der Waals surface area contributed by atoms with Gasteiger partial charge in [0, 0.05) is 11.5 Å². The van der Waals surface area contributed by atoms with Crippen LogP contribution < -0.4 is 0 Å². The van der Waals surface area contributed by atoms with Gasteiger partial charge in [0.1, 0.15) is 0 Å². The predicted molar refractivity (Wildman–Crippen MR) is 64.6 cm³/mol. The van der Waals surface area contributed by atoms with E-state index in [1.54, 1.807) is 19.1 Å². The third-order valence-corrected chi connectivity index (χ3v) is 3.91. The lowest BCUT2D eigenvalue weighted by molar-refractivity contribution is -0.139. The zero-order valence-electron chi connectivity index (χ0n) is 8.98. The number of rotatable bonds is 3. The molecular weight excluding hydrogens is 263 g/mol. The minimum Gasteiger partial charge on any atom is -0.481 e. The van der Waals surface area contributed by atoms with Crippen LogP contribution in [0.2, 0.25) is 10.0 Å². The van der Waals surface area contributed by atoms with Crippen LogP contribution in [0.5, 0.6) is 0 Å². The van der Waals surface area contributed by atoms with Gasteiger partial charge in [0.15, 0.2) is 5.78 Å². The summed E-state index contributed by atoms with van der Waals surface area (Å²) < 4.78 is 0. The van der Waals surface area contributed by atoms with E-state index < -0.39 is 17.8 Å². The van der Waals surface area contributed by atoms with Crippen LogP contribution in [0.3, 0.4) is 0 Å². The van der Waals surface area contributed by atoms with Gasteiger partial charge in [-0.2, -0.15) is 0 Å². The van der Waals surface area contributed by atoms with E-state index in [1.807, 2.05) is 0 Å². The van der Waals surface area contributed by atoms with E-state index in [-0.39, 0.29) is 11.7 Å². The third kappa shape index (κ3) is 2.17. The number of halogens is 2. The summed E-state index contributed by atoms with van der Waals surface area (Å²) in [6.45, 7) is 1.76. The summed E-state index contributed by atoms with van der Waals surface area (Å²) in [5.41, 5.74) is 0.417. The number of hydrogen-bond donors (Lipinski definition) is 1. The molecule has 1 aliphatic carbocycles. The molecule has 17 heavy (non-hydrogen) atoms. The maximum atomic E-state index is 12.0. The highest BCUT2D eigenvalue weighted by Gasteiger charge is 2.56. The molecule has 0 spiro atoms. The lowest BCUT2D eigenvalue weighted by atomic mass is 10.1. The van der Waals surface area contributed by atoms with E-state index in [9.17, 15) is 9.59 Å². The average molecular weight is 273 g/mol. The molecule has 1 aromatic carbocycles. The second kappa shape index (κ2) is 4.31. The SMILES string of the molecule is C[C@@H]1[C@@H](C(=O)c2ccc(Cl)c(Cl)c2)[C@H]1C(=O)O. The van der Waals surface area contributed by atoms with Crippen LogP contribution in [0, 0.1) is 17.8 Å². The summed E-state index contributed by atoms with van der Waals surface area (Å²) >= 11 is 11.6. The molecule has 3 atom stereocenters. The Kier molecular flexibility index (Phi) is 3.15. The number of carbonyl (C=O) groups excluding carboxylic acids is 1. The molecule has 0 amide bonds. The van der Waals surface area contributed by atoms with Crippen LogP contribution in [0.1, 0.15) is 17.3 Å². The molecule has 1 aliphatic rings. The highest BCUT2D eigenvalue weighted by molar-refractivity contribution is 6.42. The lowest BCUT2D eigenvalue weighted by Gasteiger charge is -2.01.